The summed E-state index contributed by atoms with van der Waals surface area (Å²) in [7, 11) is 0. The first-order valence-electron chi connectivity index (χ1n) is 8.49. The van der Waals surface area contributed by atoms with Crippen LogP contribution in [0.4, 0.5) is 36.3 Å². The second-order valence-electron chi connectivity index (χ2n) is 6.18. The van der Waals surface area contributed by atoms with Crippen molar-refractivity contribution in [2.45, 2.75) is 6.18 Å². The molecule has 7 nitrogen and oxygen atoms in total. The van der Waals surface area contributed by atoms with Crippen LogP contribution in [-0.2, 0) is 11.0 Å². The summed E-state index contributed by atoms with van der Waals surface area (Å²) in [6.45, 7) is -0.822. The molecule has 162 valence electrons. The van der Waals surface area contributed by atoms with E-state index in [4.69, 9.17) is 23.2 Å². The van der Waals surface area contributed by atoms with E-state index in [1.807, 2.05) is 0 Å². The number of carbonyl (C=O) groups is 1. The van der Waals surface area contributed by atoms with Gasteiger partial charge in [0.2, 0.25) is 5.95 Å². The Morgan fingerprint density at radius 3 is 2.35 bits per heavy atom. The van der Waals surface area contributed by atoms with Crippen LogP contribution in [0.5, 0.6) is 5.75 Å². The van der Waals surface area contributed by atoms with Crippen LogP contribution < -0.4 is 10.2 Å². The third-order valence-electron chi connectivity index (χ3n) is 3.96. The van der Waals surface area contributed by atoms with E-state index in [0.29, 0.717) is 11.9 Å². The molecule has 2 aromatic carbocycles. The van der Waals surface area contributed by atoms with Gasteiger partial charge in [-0.3, -0.25) is 4.79 Å². The maximum absolute atomic E-state index is 13.6. The molecule has 3 aromatic rings. The molecule has 0 saturated carbocycles. The van der Waals surface area contributed by atoms with Crippen LogP contribution in [0.25, 0.3) is 0 Å². The van der Waals surface area contributed by atoms with Crippen molar-refractivity contribution in [3.8, 4) is 5.75 Å². The molecule has 31 heavy (non-hydrogen) atoms. The number of aromatic hydroxyl groups is 1. The molecule has 0 aliphatic carbocycles. The highest BCUT2D eigenvalue weighted by Gasteiger charge is 2.37. The Balaban J connectivity index is 2.10. The maximum atomic E-state index is 13.6. The van der Waals surface area contributed by atoms with E-state index >= 15 is 0 Å². The summed E-state index contributed by atoms with van der Waals surface area (Å²) >= 11 is 11.8. The minimum atomic E-state index is -4.86. The normalized spacial score (nSPS) is 11.3. The fourth-order valence-electron chi connectivity index (χ4n) is 2.60. The SMILES string of the molecule is O=C(O)CN(c1ccc(O)cc1)c1nc(Nc2ccc(Cl)c(Cl)c2)ncc1C(F)(F)F. The van der Waals surface area contributed by atoms with Gasteiger partial charge in [-0.2, -0.15) is 18.2 Å². The van der Waals surface area contributed by atoms with Crippen LogP contribution in [0.3, 0.4) is 0 Å². The zero-order valence-corrected chi connectivity index (χ0v) is 16.9. The molecule has 0 aliphatic heterocycles. The highest BCUT2D eigenvalue weighted by atomic mass is 35.5. The van der Waals surface area contributed by atoms with Crippen molar-refractivity contribution in [3.05, 3.63) is 64.3 Å². The van der Waals surface area contributed by atoms with Gasteiger partial charge >= 0.3 is 12.1 Å². The summed E-state index contributed by atoms with van der Waals surface area (Å²) in [5.41, 5.74) is -0.805. The Morgan fingerprint density at radius 2 is 1.77 bits per heavy atom. The average Bonchev–Trinajstić information content (AvgIpc) is 2.69. The quantitative estimate of drug-likeness (QED) is 0.437. The molecule has 0 radical (unpaired) electrons. The highest BCUT2D eigenvalue weighted by Crippen LogP contribution is 2.38. The monoisotopic (exact) mass is 472 g/mol. The summed E-state index contributed by atoms with van der Waals surface area (Å²) in [5.74, 6) is -2.44. The van der Waals surface area contributed by atoms with Crippen molar-refractivity contribution in [2.75, 3.05) is 16.8 Å². The third-order valence-corrected chi connectivity index (χ3v) is 4.70. The van der Waals surface area contributed by atoms with Gasteiger partial charge in [0, 0.05) is 17.6 Å². The lowest BCUT2D eigenvalue weighted by atomic mass is 10.2. The molecule has 0 saturated heterocycles. The predicted octanol–water partition coefficient (Wildman–Crippen LogP) is 5.47. The second kappa shape index (κ2) is 8.86. The van der Waals surface area contributed by atoms with Gasteiger partial charge < -0.3 is 20.4 Å². The van der Waals surface area contributed by atoms with Gasteiger partial charge in [0.25, 0.3) is 0 Å². The van der Waals surface area contributed by atoms with Gasteiger partial charge in [0.15, 0.2) is 5.82 Å². The summed E-state index contributed by atoms with van der Waals surface area (Å²) in [6, 6.07) is 9.40. The average molecular weight is 473 g/mol. The van der Waals surface area contributed by atoms with E-state index in [2.05, 4.69) is 15.3 Å². The Hall–Kier alpha value is -3.24. The number of alkyl halides is 3. The largest absolute Gasteiger partial charge is 0.508 e. The van der Waals surface area contributed by atoms with Crippen LogP contribution in [0.15, 0.2) is 48.7 Å². The number of aliphatic carboxylic acids is 1. The van der Waals surface area contributed by atoms with Crippen LogP contribution >= 0.6 is 23.2 Å². The van der Waals surface area contributed by atoms with Gasteiger partial charge in [0.05, 0.1) is 10.0 Å². The van der Waals surface area contributed by atoms with Gasteiger partial charge in [-0.05, 0) is 42.5 Å². The molecule has 0 aliphatic rings. The molecule has 3 N–H and O–H groups in total. The maximum Gasteiger partial charge on any atom is 0.421 e. The lowest BCUT2D eigenvalue weighted by Crippen LogP contribution is -2.28. The molecular weight excluding hydrogens is 460 g/mol. The third kappa shape index (κ3) is 5.47. The summed E-state index contributed by atoms with van der Waals surface area (Å²) < 4.78 is 40.9. The Labute approximate surface area is 183 Å². The summed E-state index contributed by atoms with van der Waals surface area (Å²) in [5, 5.41) is 21.9. The number of halogens is 5. The molecule has 0 unspecified atom stereocenters. The number of aromatic nitrogens is 2. The van der Waals surface area contributed by atoms with Gasteiger partial charge in [-0.15, -0.1) is 0 Å². The molecule has 0 fully saturated rings. The van der Waals surface area contributed by atoms with E-state index in [0.717, 1.165) is 4.90 Å². The van der Waals surface area contributed by atoms with E-state index in [1.165, 1.54) is 42.5 Å². The summed E-state index contributed by atoms with van der Waals surface area (Å²) in [6.07, 6.45) is -4.30. The number of rotatable bonds is 6. The predicted molar refractivity (Wildman–Crippen MR) is 110 cm³/mol. The number of carboxylic acid groups (broad SMARTS) is 1. The van der Waals surface area contributed by atoms with Crippen LogP contribution in [-0.4, -0.2) is 32.7 Å². The molecule has 0 amide bonds. The number of nitrogens with zero attached hydrogens (tertiary/aromatic N) is 3. The lowest BCUT2D eigenvalue weighted by Gasteiger charge is -2.25. The number of anilines is 4. The number of hydrogen-bond donors (Lipinski definition) is 3. The van der Waals surface area contributed by atoms with Crippen molar-refractivity contribution < 1.29 is 28.2 Å². The van der Waals surface area contributed by atoms with Crippen molar-refractivity contribution in [1.82, 2.24) is 9.97 Å². The van der Waals surface area contributed by atoms with Crippen molar-refractivity contribution in [2.24, 2.45) is 0 Å². The van der Waals surface area contributed by atoms with Gasteiger partial charge in [0.1, 0.15) is 17.9 Å². The van der Waals surface area contributed by atoms with E-state index < -0.39 is 30.1 Å². The highest BCUT2D eigenvalue weighted by molar-refractivity contribution is 6.42. The molecule has 0 atom stereocenters. The molecule has 0 bridgehead atoms. The fourth-order valence-corrected chi connectivity index (χ4v) is 2.90. The van der Waals surface area contributed by atoms with Crippen molar-refractivity contribution in [3.63, 3.8) is 0 Å². The van der Waals surface area contributed by atoms with E-state index in [-0.39, 0.29) is 27.4 Å². The first-order valence-corrected chi connectivity index (χ1v) is 9.25. The molecule has 1 aromatic heterocycles. The first-order chi connectivity index (χ1) is 14.5. The number of nitrogens with one attached hydrogen (secondary N) is 1. The molecule has 3 rings (SSSR count). The van der Waals surface area contributed by atoms with Gasteiger partial charge in [-0.25, -0.2) is 4.98 Å². The van der Waals surface area contributed by atoms with E-state index in [1.54, 1.807) is 0 Å². The molecule has 12 heteroatoms. The number of phenolic OH excluding ortho intramolecular Hbond substituents is 1. The van der Waals surface area contributed by atoms with Crippen LogP contribution in [0.2, 0.25) is 10.0 Å². The summed E-state index contributed by atoms with van der Waals surface area (Å²) in [4.78, 5) is 19.8. The van der Waals surface area contributed by atoms with Crippen molar-refractivity contribution in [1.29, 1.82) is 0 Å². The Morgan fingerprint density at radius 1 is 1.10 bits per heavy atom. The Kier molecular flexibility index (Phi) is 6.42. The van der Waals surface area contributed by atoms with Crippen molar-refractivity contribution >= 4 is 52.3 Å². The van der Waals surface area contributed by atoms with Crippen LogP contribution in [0.1, 0.15) is 5.56 Å². The zero-order chi connectivity index (χ0) is 22.8. The number of hydrogen-bond acceptors (Lipinski definition) is 6. The van der Waals surface area contributed by atoms with Gasteiger partial charge in [-0.1, -0.05) is 23.2 Å². The minimum absolute atomic E-state index is 0.0740. The Bertz CT molecular complexity index is 1110. The van der Waals surface area contributed by atoms with Crippen LogP contribution in [0, 0.1) is 0 Å². The number of phenols is 1. The number of benzene rings is 2. The smallest absolute Gasteiger partial charge is 0.421 e. The lowest BCUT2D eigenvalue weighted by molar-refractivity contribution is -0.138. The molecule has 0 spiro atoms. The zero-order valence-electron chi connectivity index (χ0n) is 15.4. The molecular formula is C19H13Cl2F3N4O3. The number of carboxylic acids is 1. The molecule has 1 heterocycles. The minimum Gasteiger partial charge on any atom is -0.508 e. The fraction of sp³-hybridized carbons (Fsp3) is 0.105. The van der Waals surface area contributed by atoms with E-state index in [9.17, 15) is 28.2 Å². The topological polar surface area (TPSA) is 98.6 Å². The standard InChI is InChI=1S/C19H13Cl2F3N4O3/c20-14-6-1-10(7-15(14)21)26-18-25-8-13(19(22,23)24)17(27-18)28(9-16(30)31)11-2-4-12(29)5-3-11/h1-8,29H,9H2,(H,30,31)(H,25,26,27). The second-order valence-corrected chi connectivity index (χ2v) is 6.99. The first kappa shape index (κ1) is 22.4.